The van der Waals surface area contributed by atoms with Crippen LogP contribution >= 0.6 is 0 Å². The molecular weight excluding hydrogens is 301 g/mol. The van der Waals surface area contributed by atoms with Gasteiger partial charge in [-0.1, -0.05) is 0 Å². The molecule has 0 aromatic carbocycles. The molecule has 4 N–H and O–H groups in total. The molecule has 8 nitrogen and oxygen atoms in total. The number of aliphatic hydroxyl groups excluding tert-OH is 3. The van der Waals surface area contributed by atoms with Crippen molar-refractivity contribution in [1.82, 2.24) is 9.55 Å². The van der Waals surface area contributed by atoms with Crippen LogP contribution in [0.4, 0.5) is 13.2 Å². The van der Waals surface area contributed by atoms with E-state index in [0.717, 1.165) is 0 Å². The summed E-state index contributed by atoms with van der Waals surface area (Å²) in [5, 5.41) is 28.3. The van der Waals surface area contributed by atoms with Crippen LogP contribution in [0.2, 0.25) is 0 Å². The number of nitrogens with one attached hydrogen (secondary N) is 1. The molecule has 0 aliphatic carbocycles. The predicted molar refractivity (Wildman–Crippen MR) is 59.2 cm³/mol. The number of hydrogen-bond donors (Lipinski definition) is 4. The second-order valence-electron chi connectivity index (χ2n) is 4.43. The van der Waals surface area contributed by atoms with Gasteiger partial charge in [0.15, 0.2) is 0 Å². The van der Waals surface area contributed by atoms with Gasteiger partial charge in [-0.2, -0.15) is 4.39 Å². The number of aliphatic hydroxyl groups is 3. The van der Waals surface area contributed by atoms with E-state index in [2.05, 4.69) is 0 Å². The highest BCUT2D eigenvalue weighted by Crippen LogP contribution is 2.39. The van der Waals surface area contributed by atoms with Crippen molar-refractivity contribution >= 4 is 0 Å². The number of aromatic amines is 1. The first kappa shape index (κ1) is 15.7. The van der Waals surface area contributed by atoms with Crippen molar-refractivity contribution in [3.8, 4) is 0 Å². The molecule has 1 fully saturated rings. The van der Waals surface area contributed by atoms with Gasteiger partial charge in [-0.05, 0) is 0 Å². The van der Waals surface area contributed by atoms with Crippen molar-refractivity contribution in [2.75, 3.05) is 6.61 Å². The summed E-state index contributed by atoms with van der Waals surface area (Å²) < 4.78 is 44.7. The number of hydrogen-bond acceptors (Lipinski definition) is 6. The summed E-state index contributed by atoms with van der Waals surface area (Å²) in [5.41, 5.74) is -6.03. The standard InChI is InChI=1S/C10H11F3N2O6/c11-3-1-15(9(20)14-7(3)19)10(8(12)13)6(18)5(17)4(2-16)21-10/h1,4-6,8,16-18H,2H2,(H,14,19,20)/t4-,5-,6-,10+/m1/s1. The highest BCUT2D eigenvalue weighted by molar-refractivity contribution is 5.04. The molecule has 118 valence electrons. The van der Waals surface area contributed by atoms with Crippen LogP contribution in [0, 0.1) is 5.82 Å². The molecule has 21 heavy (non-hydrogen) atoms. The van der Waals surface area contributed by atoms with E-state index in [9.17, 15) is 33.0 Å². The molecule has 1 aliphatic rings. The number of alkyl halides is 2. The van der Waals surface area contributed by atoms with Crippen molar-refractivity contribution in [2.45, 2.75) is 30.5 Å². The van der Waals surface area contributed by atoms with E-state index >= 15 is 0 Å². The van der Waals surface area contributed by atoms with E-state index < -0.39 is 54.1 Å². The summed E-state index contributed by atoms with van der Waals surface area (Å²) in [6.07, 6.45) is -9.32. The molecule has 0 saturated carbocycles. The number of aromatic nitrogens is 2. The molecule has 1 aromatic heterocycles. The van der Waals surface area contributed by atoms with Gasteiger partial charge >= 0.3 is 5.69 Å². The van der Waals surface area contributed by atoms with Crippen LogP contribution in [0.15, 0.2) is 15.8 Å². The Bertz CT molecular complexity index is 646. The lowest BCUT2D eigenvalue weighted by Gasteiger charge is -2.32. The average Bonchev–Trinajstić information content (AvgIpc) is 2.68. The fraction of sp³-hybridized carbons (Fsp3) is 0.600. The molecule has 4 atom stereocenters. The minimum Gasteiger partial charge on any atom is -0.394 e. The molecule has 0 amide bonds. The second-order valence-corrected chi connectivity index (χ2v) is 4.43. The van der Waals surface area contributed by atoms with Gasteiger partial charge in [0.05, 0.1) is 12.8 Å². The first-order chi connectivity index (χ1) is 9.75. The third-order valence-electron chi connectivity index (χ3n) is 3.24. The maximum absolute atomic E-state index is 13.4. The SMILES string of the molecule is O=c1[nH]c(=O)n([C@]2(C(F)F)O[C@H](CO)[C@@H](O)[C@H]2O)cc1F. The quantitative estimate of drug-likeness (QED) is 0.498. The van der Waals surface area contributed by atoms with Crippen LogP contribution in [-0.4, -0.2) is 56.2 Å². The van der Waals surface area contributed by atoms with E-state index in [1.165, 1.54) is 4.98 Å². The first-order valence-electron chi connectivity index (χ1n) is 5.70. The third kappa shape index (κ3) is 2.18. The van der Waals surface area contributed by atoms with Gasteiger partial charge in [-0.3, -0.25) is 14.3 Å². The van der Waals surface area contributed by atoms with Crippen LogP contribution in [0.3, 0.4) is 0 Å². The summed E-state index contributed by atoms with van der Waals surface area (Å²) in [7, 11) is 0. The van der Waals surface area contributed by atoms with Gasteiger partial charge in [0.1, 0.15) is 18.3 Å². The van der Waals surface area contributed by atoms with Crippen LogP contribution in [0.1, 0.15) is 0 Å². The second kappa shape index (κ2) is 5.26. The van der Waals surface area contributed by atoms with Gasteiger partial charge in [0, 0.05) is 0 Å². The van der Waals surface area contributed by atoms with Crippen LogP contribution in [0.5, 0.6) is 0 Å². The van der Waals surface area contributed by atoms with Crippen molar-refractivity contribution in [2.24, 2.45) is 0 Å². The van der Waals surface area contributed by atoms with E-state index in [4.69, 9.17) is 9.84 Å². The summed E-state index contributed by atoms with van der Waals surface area (Å²) >= 11 is 0. The van der Waals surface area contributed by atoms with Crippen molar-refractivity contribution in [1.29, 1.82) is 0 Å². The van der Waals surface area contributed by atoms with E-state index in [1.54, 1.807) is 0 Å². The molecule has 0 bridgehead atoms. The summed E-state index contributed by atoms with van der Waals surface area (Å²) in [6.45, 7) is -0.923. The van der Waals surface area contributed by atoms with Crippen LogP contribution in [0.25, 0.3) is 0 Å². The van der Waals surface area contributed by atoms with Gasteiger partial charge in [0.25, 0.3) is 12.0 Å². The van der Waals surface area contributed by atoms with Gasteiger partial charge in [-0.15, -0.1) is 0 Å². The molecule has 0 radical (unpaired) electrons. The van der Waals surface area contributed by atoms with Crippen LogP contribution in [-0.2, 0) is 10.5 Å². The molecular formula is C10H11F3N2O6. The number of halogens is 3. The Hall–Kier alpha value is -1.69. The van der Waals surface area contributed by atoms with Gasteiger partial charge in [-0.25, -0.2) is 13.6 Å². The molecule has 11 heteroatoms. The number of rotatable bonds is 3. The van der Waals surface area contributed by atoms with Gasteiger partial charge in [0.2, 0.25) is 11.5 Å². The Kier molecular flexibility index (Phi) is 3.93. The maximum atomic E-state index is 13.4. The zero-order chi connectivity index (χ0) is 15.9. The fourth-order valence-electron chi connectivity index (χ4n) is 2.17. The summed E-state index contributed by atoms with van der Waals surface area (Å²) in [6, 6.07) is 0. The van der Waals surface area contributed by atoms with Crippen molar-refractivity contribution in [3.63, 3.8) is 0 Å². The molecule has 1 aromatic rings. The number of H-pyrrole nitrogens is 1. The van der Waals surface area contributed by atoms with Crippen molar-refractivity contribution < 1.29 is 33.2 Å². The Morgan fingerprint density at radius 2 is 2.05 bits per heavy atom. The number of ether oxygens (including phenoxy) is 1. The molecule has 2 heterocycles. The van der Waals surface area contributed by atoms with E-state index in [-0.39, 0.29) is 10.8 Å². The lowest BCUT2D eigenvalue weighted by Crippen LogP contribution is -2.56. The Balaban J connectivity index is 2.68. The topological polar surface area (TPSA) is 125 Å². The normalized spacial score (nSPS) is 32.8. The Labute approximate surface area is 114 Å². The predicted octanol–water partition coefficient (Wildman–Crippen LogP) is -2.29. The largest absolute Gasteiger partial charge is 0.394 e. The van der Waals surface area contributed by atoms with Gasteiger partial charge < -0.3 is 20.1 Å². The van der Waals surface area contributed by atoms with Crippen molar-refractivity contribution in [3.05, 3.63) is 32.9 Å². The summed E-state index contributed by atoms with van der Waals surface area (Å²) in [5.74, 6) is -1.56. The molecule has 0 spiro atoms. The highest BCUT2D eigenvalue weighted by atomic mass is 19.3. The molecule has 1 saturated heterocycles. The third-order valence-corrected chi connectivity index (χ3v) is 3.24. The monoisotopic (exact) mass is 312 g/mol. The maximum Gasteiger partial charge on any atom is 0.331 e. The molecule has 1 aliphatic heterocycles. The highest BCUT2D eigenvalue weighted by Gasteiger charge is 2.61. The Morgan fingerprint density at radius 1 is 1.43 bits per heavy atom. The van der Waals surface area contributed by atoms with E-state index in [1.807, 2.05) is 0 Å². The Morgan fingerprint density at radius 3 is 2.52 bits per heavy atom. The fourth-order valence-corrected chi connectivity index (χ4v) is 2.17. The molecule has 2 rings (SSSR count). The van der Waals surface area contributed by atoms with E-state index in [0.29, 0.717) is 0 Å². The number of nitrogens with zero attached hydrogens (tertiary/aromatic N) is 1. The zero-order valence-corrected chi connectivity index (χ0v) is 10.2. The zero-order valence-electron chi connectivity index (χ0n) is 10.2. The minimum atomic E-state index is -3.57. The summed E-state index contributed by atoms with van der Waals surface area (Å²) in [4.78, 5) is 24.0. The smallest absolute Gasteiger partial charge is 0.331 e. The lowest BCUT2D eigenvalue weighted by molar-refractivity contribution is -0.223. The lowest BCUT2D eigenvalue weighted by atomic mass is 10.0. The average molecular weight is 312 g/mol. The molecule has 0 unspecified atom stereocenters. The first-order valence-corrected chi connectivity index (χ1v) is 5.70. The minimum absolute atomic E-state index is 0.0437. The van der Waals surface area contributed by atoms with Crippen LogP contribution < -0.4 is 11.2 Å².